The summed E-state index contributed by atoms with van der Waals surface area (Å²) < 4.78 is 0. The Balaban J connectivity index is 6.44. The van der Waals surface area contributed by atoms with Crippen LogP contribution in [0.15, 0.2) is 0 Å². The van der Waals surface area contributed by atoms with Gasteiger partial charge in [0.1, 0.15) is 48.3 Å². The monoisotopic (exact) mass is 1070 g/mol. The van der Waals surface area contributed by atoms with Crippen molar-refractivity contribution in [1.29, 1.82) is 0 Å². The number of nitrogens with one attached hydrogen (secondary N) is 9. The van der Waals surface area contributed by atoms with Crippen LogP contribution >= 0.6 is 0 Å². The van der Waals surface area contributed by atoms with Gasteiger partial charge in [-0.3, -0.25) is 52.7 Å². The number of unbranched alkanes of at least 4 members (excludes halogenated alkanes) is 2. The Morgan fingerprint density at radius 1 is 0.493 bits per heavy atom. The number of primary amides is 1. The van der Waals surface area contributed by atoms with Gasteiger partial charge < -0.3 is 86.1 Å². The molecule has 10 amide bonds. The largest absolute Gasteiger partial charge is 0.481 e. The maximum atomic E-state index is 14.0. The third kappa shape index (κ3) is 26.5. The predicted octanol–water partition coefficient (Wildman–Crippen LogP) is -4.60. The van der Waals surface area contributed by atoms with Crippen LogP contribution in [-0.2, 0) is 57.5 Å². The average Bonchev–Trinajstić information content (AvgIpc) is 3.32. The van der Waals surface area contributed by atoms with E-state index in [1.54, 1.807) is 41.5 Å². The first-order chi connectivity index (χ1) is 35.0. The molecule has 0 aromatic heterocycles. The van der Waals surface area contributed by atoms with Gasteiger partial charge in [-0.25, -0.2) is 4.79 Å². The fourth-order valence-electron chi connectivity index (χ4n) is 7.25. The predicted molar refractivity (Wildman–Crippen MR) is 272 cm³/mol. The molecule has 28 nitrogen and oxygen atoms in total. The number of carbonyl (C=O) groups excluding carboxylic acids is 10. The smallest absolute Gasteiger partial charge is 0.326 e. The molecule has 0 bridgehead atoms. The number of carboxylic acid groups (broad SMARTS) is 2. The Labute approximate surface area is 437 Å². The quantitative estimate of drug-likeness (QED) is 0.0259. The molecule has 0 saturated heterocycles. The van der Waals surface area contributed by atoms with Gasteiger partial charge >= 0.3 is 11.9 Å². The molecule has 75 heavy (non-hydrogen) atoms. The fraction of sp³-hybridized carbons (Fsp3) is 0.745. The van der Waals surface area contributed by atoms with Gasteiger partial charge in [0.15, 0.2) is 0 Å². The first-order valence-electron chi connectivity index (χ1n) is 25.2. The van der Waals surface area contributed by atoms with Crippen molar-refractivity contribution in [3.05, 3.63) is 0 Å². The molecular formula is C47H85N13O15. The number of aliphatic hydroxyl groups is 1. The molecule has 0 unspecified atom stereocenters. The zero-order valence-corrected chi connectivity index (χ0v) is 44.5. The first kappa shape index (κ1) is 68.5. The lowest BCUT2D eigenvalue weighted by Gasteiger charge is -2.30. The van der Waals surface area contributed by atoms with Crippen LogP contribution in [0.25, 0.3) is 0 Å². The van der Waals surface area contributed by atoms with E-state index in [0.29, 0.717) is 32.1 Å². The third-order valence-electron chi connectivity index (χ3n) is 11.8. The molecule has 0 heterocycles. The molecule has 0 spiro atoms. The lowest BCUT2D eigenvalue weighted by molar-refractivity contribution is -0.147. The second kappa shape index (κ2) is 35.6. The van der Waals surface area contributed by atoms with Crippen molar-refractivity contribution >= 4 is 71.0 Å². The highest BCUT2D eigenvalue weighted by molar-refractivity contribution is 5.99. The summed E-state index contributed by atoms with van der Waals surface area (Å²) in [6, 6.07) is -12.7. The molecule has 0 rings (SSSR count). The van der Waals surface area contributed by atoms with E-state index in [0.717, 1.165) is 0 Å². The van der Waals surface area contributed by atoms with E-state index in [4.69, 9.17) is 28.0 Å². The second-order valence-corrected chi connectivity index (χ2v) is 19.5. The third-order valence-corrected chi connectivity index (χ3v) is 11.8. The minimum Gasteiger partial charge on any atom is -0.481 e. The van der Waals surface area contributed by atoms with Crippen molar-refractivity contribution in [1.82, 2.24) is 47.9 Å². The average molecular weight is 1070 g/mol. The Morgan fingerprint density at radius 2 is 0.920 bits per heavy atom. The minimum atomic E-state index is -1.78. The molecule has 0 aliphatic carbocycles. The summed E-state index contributed by atoms with van der Waals surface area (Å²) in [6.07, 6.45) is 0.441. The van der Waals surface area contributed by atoms with Gasteiger partial charge in [-0.1, -0.05) is 61.8 Å². The van der Waals surface area contributed by atoms with Crippen molar-refractivity contribution in [2.24, 2.45) is 46.6 Å². The van der Waals surface area contributed by atoms with Crippen LogP contribution in [-0.4, -0.2) is 167 Å². The van der Waals surface area contributed by atoms with Gasteiger partial charge in [-0.05, 0) is 81.7 Å². The number of nitrogens with two attached hydrogens (primary N) is 4. The van der Waals surface area contributed by atoms with Crippen molar-refractivity contribution in [2.45, 2.75) is 174 Å². The number of carbonyl (C=O) groups is 12. The number of rotatable bonds is 38. The number of carboxylic acids is 2. The summed E-state index contributed by atoms with van der Waals surface area (Å²) in [6.45, 7) is 12.0. The molecule has 20 N–H and O–H groups in total. The summed E-state index contributed by atoms with van der Waals surface area (Å²) in [5, 5.41) is 50.5. The van der Waals surface area contributed by atoms with E-state index in [-0.39, 0.29) is 38.3 Å². The van der Waals surface area contributed by atoms with Gasteiger partial charge in [-0.15, -0.1) is 0 Å². The summed E-state index contributed by atoms with van der Waals surface area (Å²) in [4.78, 5) is 156. The second-order valence-electron chi connectivity index (χ2n) is 19.5. The first-order valence-corrected chi connectivity index (χ1v) is 25.2. The maximum Gasteiger partial charge on any atom is 0.326 e. The topological polar surface area (TPSA) is 478 Å². The van der Waals surface area contributed by atoms with Crippen LogP contribution in [0.2, 0.25) is 0 Å². The standard InChI is InChI=1S/C47H85N13O15/c1-9-26(8)38(60-45(72)37(25(6)7)59-42(69)30(19-33(51)62)56-39(66)27(50)18-23(2)3)46(73)57-32(22-61)43(70)55-28(14-10-12-16-48)40(67)54-29(15-11-13-17-49)41(68)58-36(24(4)5)44(71)52-21-34(63)53-31(47(74)75)20-35(64)65/h23-32,36-38,61H,9-22,48-50H2,1-8H3,(H2,51,62)(H,52,71)(H,53,63)(H,54,67)(H,55,70)(H,56,66)(H,57,73)(H,58,68)(H,59,69)(H,60,72)(H,64,65)(H,74,75)/t26-,27-,28-,29-,30-,31-,32-,36-,37-,38-/m0/s1. The Hall–Kier alpha value is -6.52. The molecule has 0 radical (unpaired) electrons. The van der Waals surface area contributed by atoms with Crippen molar-refractivity contribution in [3.8, 4) is 0 Å². The maximum absolute atomic E-state index is 14.0. The van der Waals surface area contributed by atoms with E-state index < -0.39 is 169 Å². The summed E-state index contributed by atoms with van der Waals surface area (Å²) in [7, 11) is 0. The zero-order chi connectivity index (χ0) is 57.7. The Kier molecular flexibility index (Phi) is 32.5. The molecule has 0 fully saturated rings. The molecule has 0 aromatic rings. The molecule has 0 aliphatic rings. The van der Waals surface area contributed by atoms with E-state index in [9.17, 15) is 67.7 Å². The van der Waals surface area contributed by atoms with E-state index in [1.807, 2.05) is 19.2 Å². The van der Waals surface area contributed by atoms with Crippen molar-refractivity contribution < 1.29 is 72.9 Å². The molecule has 0 saturated carbocycles. The zero-order valence-electron chi connectivity index (χ0n) is 44.5. The van der Waals surface area contributed by atoms with Crippen LogP contribution in [0.1, 0.15) is 120 Å². The van der Waals surface area contributed by atoms with Gasteiger partial charge in [0, 0.05) is 0 Å². The summed E-state index contributed by atoms with van der Waals surface area (Å²) in [5.74, 6) is -13.9. The molecular weight excluding hydrogens is 987 g/mol. The van der Waals surface area contributed by atoms with Crippen molar-refractivity contribution in [2.75, 3.05) is 26.2 Å². The molecule has 10 atom stereocenters. The highest BCUT2D eigenvalue weighted by Gasteiger charge is 2.37. The fourth-order valence-corrected chi connectivity index (χ4v) is 7.25. The van der Waals surface area contributed by atoms with Gasteiger partial charge in [-0.2, -0.15) is 0 Å². The van der Waals surface area contributed by atoms with Gasteiger partial charge in [0.2, 0.25) is 59.1 Å². The van der Waals surface area contributed by atoms with Crippen LogP contribution < -0.4 is 70.8 Å². The van der Waals surface area contributed by atoms with E-state index >= 15 is 0 Å². The number of hydrogen-bond donors (Lipinski definition) is 16. The summed E-state index contributed by atoms with van der Waals surface area (Å²) >= 11 is 0. The lowest BCUT2D eigenvalue weighted by atomic mass is 9.96. The Morgan fingerprint density at radius 3 is 1.35 bits per heavy atom. The van der Waals surface area contributed by atoms with Gasteiger partial charge in [0.05, 0.1) is 32.0 Å². The van der Waals surface area contributed by atoms with E-state index in [2.05, 4.69) is 42.5 Å². The minimum absolute atomic E-state index is 0.00426. The van der Waals surface area contributed by atoms with Gasteiger partial charge in [0.25, 0.3) is 0 Å². The lowest BCUT2D eigenvalue weighted by Crippen LogP contribution is -2.62. The molecule has 0 aliphatic heterocycles. The Bertz CT molecular complexity index is 1940. The SMILES string of the molecule is CC[C@H](C)[C@H](NC(=O)[C@@H](NC(=O)[C@H](CC(N)=O)NC(=O)[C@@H](N)CC(C)C)C(C)C)C(=O)N[C@@H](CO)C(=O)N[C@@H](CCCCN)C(=O)N[C@@H](CCCCN)C(=O)N[C@H](C(=O)NCC(=O)N[C@@H](CC(=O)O)C(=O)O)C(C)C. The van der Waals surface area contributed by atoms with Crippen LogP contribution in [0.3, 0.4) is 0 Å². The molecule has 0 aromatic carbocycles. The van der Waals surface area contributed by atoms with Crippen LogP contribution in [0, 0.1) is 23.7 Å². The number of amides is 10. The molecule has 28 heteroatoms. The highest BCUT2D eigenvalue weighted by Crippen LogP contribution is 2.13. The summed E-state index contributed by atoms with van der Waals surface area (Å²) in [5.41, 5.74) is 22.7. The van der Waals surface area contributed by atoms with Crippen molar-refractivity contribution in [3.63, 3.8) is 0 Å². The number of aliphatic carboxylic acids is 2. The number of hydrogen-bond acceptors (Lipinski definition) is 16. The van der Waals surface area contributed by atoms with E-state index in [1.165, 1.54) is 0 Å². The molecule has 428 valence electrons. The number of aliphatic hydroxyl groups excluding tert-OH is 1. The highest BCUT2D eigenvalue weighted by atomic mass is 16.4. The normalized spacial score (nSPS) is 15.2. The van der Waals surface area contributed by atoms with Crippen LogP contribution in [0.4, 0.5) is 0 Å². The van der Waals surface area contributed by atoms with Crippen LogP contribution in [0.5, 0.6) is 0 Å².